The number of nitrogens with one attached hydrogen (secondary N) is 2. The van der Waals surface area contributed by atoms with Crippen molar-refractivity contribution in [3.63, 3.8) is 0 Å². The molecule has 2 aromatic carbocycles. The highest BCUT2D eigenvalue weighted by atomic mass is 32.2. The summed E-state index contributed by atoms with van der Waals surface area (Å²) in [5, 5.41) is 3.81. The first-order valence-electron chi connectivity index (χ1n) is 14.1. The Kier molecular flexibility index (Phi) is 6.69. The number of aromatic nitrogens is 1. The van der Waals surface area contributed by atoms with Crippen LogP contribution in [0.5, 0.6) is 11.5 Å². The second-order valence-corrected chi connectivity index (χ2v) is 13.8. The minimum atomic E-state index is -0.399. The summed E-state index contributed by atoms with van der Waals surface area (Å²) in [5.41, 5.74) is 2.79. The topological polar surface area (TPSA) is 118 Å². The zero-order chi connectivity index (χ0) is 29.3. The van der Waals surface area contributed by atoms with Gasteiger partial charge in [0.15, 0.2) is 11.5 Å². The number of H-pyrrole nitrogens is 1. The molecule has 2 bridgehead atoms. The predicted molar refractivity (Wildman–Crippen MR) is 159 cm³/mol. The maximum Gasteiger partial charge on any atom is 0.305 e. The molecule has 9 nitrogen and oxygen atoms in total. The fourth-order valence-electron chi connectivity index (χ4n) is 7.79. The molecule has 0 radical (unpaired) electrons. The van der Waals surface area contributed by atoms with E-state index in [1.54, 1.807) is 26.0 Å². The quantitative estimate of drug-likeness (QED) is 0.387. The summed E-state index contributed by atoms with van der Waals surface area (Å²) >= 11 is 2.88. The molecule has 3 amide bonds. The van der Waals surface area contributed by atoms with Crippen LogP contribution in [0.2, 0.25) is 0 Å². The molecule has 7 unspecified atom stereocenters. The van der Waals surface area contributed by atoms with E-state index in [0.717, 1.165) is 27.5 Å². The monoisotopic (exact) mass is 605 g/mol. The number of benzene rings is 2. The lowest BCUT2D eigenvalue weighted by Crippen LogP contribution is -2.42. The molecule has 3 fully saturated rings. The van der Waals surface area contributed by atoms with Gasteiger partial charge in [-0.25, -0.2) is 0 Å². The number of aryl methyl sites for hydroxylation is 1. The van der Waals surface area contributed by atoms with Crippen LogP contribution >= 0.6 is 23.1 Å². The number of likely N-dealkylation sites (tertiary alicyclic amines) is 1. The van der Waals surface area contributed by atoms with E-state index in [0.29, 0.717) is 17.2 Å². The smallest absolute Gasteiger partial charge is 0.305 e. The molecule has 7 atom stereocenters. The molecule has 2 aliphatic heterocycles. The van der Waals surface area contributed by atoms with Gasteiger partial charge >= 0.3 is 4.87 Å². The number of thiazole rings is 1. The molecule has 3 aromatic rings. The van der Waals surface area contributed by atoms with Gasteiger partial charge in [0.1, 0.15) is 0 Å². The summed E-state index contributed by atoms with van der Waals surface area (Å²) in [6, 6.07) is 13.4. The number of fused-ring (bicyclic) bond motifs is 9. The van der Waals surface area contributed by atoms with Crippen LogP contribution in [0.4, 0.5) is 5.69 Å². The normalized spacial score (nSPS) is 28.8. The Morgan fingerprint density at radius 2 is 1.71 bits per heavy atom. The Morgan fingerprint density at radius 3 is 2.43 bits per heavy atom. The van der Waals surface area contributed by atoms with E-state index in [1.807, 2.05) is 49.4 Å². The maximum atomic E-state index is 13.8. The van der Waals surface area contributed by atoms with Crippen molar-refractivity contribution < 1.29 is 23.9 Å². The van der Waals surface area contributed by atoms with Gasteiger partial charge in [0.05, 0.1) is 31.1 Å². The number of ether oxygens (including phenoxy) is 2. The van der Waals surface area contributed by atoms with Gasteiger partial charge in [0, 0.05) is 34.7 Å². The minimum Gasteiger partial charge on any atom is -0.493 e. The van der Waals surface area contributed by atoms with Gasteiger partial charge < -0.3 is 19.8 Å². The third-order valence-electron chi connectivity index (χ3n) is 9.48. The third kappa shape index (κ3) is 4.19. The highest BCUT2D eigenvalue weighted by Crippen LogP contribution is 2.68. The lowest BCUT2D eigenvalue weighted by molar-refractivity contribution is -0.141. The van der Waals surface area contributed by atoms with E-state index in [-0.39, 0.29) is 70.4 Å². The van der Waals surface area contributed by atoms with E-state index >= 15 is 0 Å². The van der Waals surface area contributed by atoms with Crippen molar-refractivity contribution >= 4 is 46.5 Å². The number of thioether (sulfide) groups is 1. The van der Waals surface area contributed by atoms with Crippen molar-refractivity contribution in [3.8, 4) is 11.5 Å². The van der Waals surface area contributed by atoms with E-state index in [1.165, 1.54) is 16.2 Å². The Morgan fingerprint density at radius 1 is 1.00 bits per heavy atom. The largest absolute Gasteiger partial charge is 0.493 e. The lowest BCUT2D eigenvalue weighted by atomic mass is 9.68. The highest BCUT2D eigenvalue weighted by Gasteiger charge is 2.69. The number of amides is 3. The standard InChI is InChI=1S/C31H31N3O6S2/c1-14-4-7-16(8-5-14)32-21(35)10-11-34-29(36)24-17-13-18(25(24)30(34)37)26-23(17)22(27-28(41-26)33-31(38)42-27)15-6-9-19(39-2)20(12-15)40-3/h4-9,12,17-18,22-26H,10-11,13H2,1-3H3,(H,32,35)(H,33,38). The van der Waals surface area contributed by atoms with Crippen LogP contribution in [0.15, 0.2) is 52.3 Å². The molecular formula is C31H31N3O6S2. The lowest BCUT2D eigenvalue weighted by Gasteiger charge is -2.43. The summed E-state index contributed by atoms with van der Waals surface area (Å²) in [4.78, 5) is 57.9. The summed E-state index contributed by atoms with van der Waals surface area (Å²) in [6.45, 7) is 2.05. The van der Waals surface area contributed by atoms with E-state index < -0.39 is 5.92 Å². The number of carbonyl (C=O) groups is 3. The molecule has 4 aliphatic rings. The molecule has 1 saturated heterocycles. The average Bonchev–Trinajstić information content (AvgIpc) is 3.72. The average molecular weight is 606 g/mol. The van der Waals surface area contributed by atoms with Crippen molar-refractivity contribution in [2.45, 2.75) is 36.0 Å². The highest BCUT2D eigenvalue weighted by molar-refractivity contribution is 8.00. The maximum absolute atomic E-state index is 13.8. The molecule has 1 aromatic heterocycles. The number of methoxy groups -OCH3 is 2. The molecule has 0 spiro atoms. The zero-order valence-electron chi connectivity index (χ0n) is 23.4. The second kappa shape index (κ2) is 10.3. The Hall–Kier alpha value is -3.57. The van der Waals surface area contributed by atoms with Gasteiger partial charge in [-0.1, -0.05) is 35.1 Å². The molecule has 2 saturated carbocycles. The van der Waals surface area contributed by atoms with Gasteiger partial charge in [-0.3, -0.25) is 24.1 Å². The van der Waals surface area contributed by atoms with E-state index in [2.05, 4.69) is 10.3 Å². The Balaban J connectivity index is 1.16. The van der Waals surface area contributed by atoms with Crippen LogP contribution in [0.25, 0.3) is 0 Å². The SMILES string of the molecule is COc1ccc(C2c3sc(=O)[nH]c3SC3C4CC(C5C(=O)N(CCC(=O)Nc6ccc(C)cc6)C(=O)C45)C23)cc1OC. The molecule has 7 rings (SSSR count). The Bertz CT molecular complexity index is 1650. The van der Waals surface area contributed by atoms with Gasteiger partial charge in [0.2, 0.25) is 17.7 Å². The van der Waals surface area contributed by atoms with Crippen molar-refractivity contribution in [1.82, 2.24) is 9.88 Å². The Labute approximate surface area is 251 Å². The van der Waals surface area contributed by atoms with Gasteiger partial charge in [-0.2, -0.15) is 0 Å². The third-order valence-corrected chi connectivity index (χ3v) is 12.1. The van der Waals surface area contributed by atoms with Crippen LogP contribution in [0, 0.1) is 36.5 Å². The number of carbonyl (C=O) groups excluding carboxylic acids is 3. The minimum absolute atomic E-state index is 0.00350. The number of rotatable bonds is 7. The number of hydrogen-bond acceptors (Lipinski definition) is 8. The van der Waals surface area contributed by atoms with Crippen molar-refractivity contribution in [3.05, 3.63) is 68.1 Å². The molecule has 2 N–H and O–H groups in total. The van der Waals surface area contributed by atoms with Crippen LogP contribution in [0.3, 0.4) is 0 Å². The van der Waals surface area contributed by atoms with E-state index in [4.69, 9.17) is 9.47 Å². The van der Waals surface area contributed by atoms with Gasteiger partial charge in [0.25, 0.3) is 0 Å². The number of imide groups is 1. The fourth-order valence-corrected chi connectivity index (χ4v) is 10.7. The second-order valence-electron chi connectivity index (χ2n) is 11.6. The predicted octanol–water partition coefficient (Wildman–Crippen LogP) is 4.26. The first-order chi connectivity index (χ1) is 20.3. The van der Waals surface area contributed by atoms with Gasteiger partial charge in [-0.05, 0) is 60.9 Å². The molecule has 3 heterocycles. The summed E-state index contributed by atoms with van der Waals surface area (Å²) in [7, 11) is 3.19. The van der Waals surface area contributed by atoms with Gasteiger partial charge in [-0.15, -0.1) is 11.8 Å². The zero-order valence-corrected chi connectivity index (χ0v) is 25.1. The fraction of sp³-hybridized carbons (Fsp3) is 0.419. The first-order valence-corrected chi connectivity index (χ1v) is 15.8. The van der Waals surface area contributed by atoms with Crippen molar-refractivity contribution in [1.29, 1.82) is 0 Å². The number of aromatic amines is 1. The first kappa shape index (κ1) is 27.3. The summed E-state index contributed by atoms with van der Waals surface area (Å²) < 4.78 is 11.1. The summed E-state index contributed by atoms with van der Waals surface area (Å²) in [6.07, 6.45) is 0.856. The van der Waals surface area contributed by atoms with Crippen LogP contribution in [-0.2, 0) is 14.4 Å². The van der Waals surface area contributed by atoms with Crippen LogP contribution in [0.1, 0.15) is 34.8 Å². The number of hydrogen-bond donors (Lipinski definition) is 2. The van der Waals surface area contributed by atoms with Crippen LogP contribution < -0.4 is 19.7 Å². The van der Waals surface area contributed by atoms with Crippen molar-refractivity contribution in [2.75, 3.05) is 26.1 Å². The summed E-state index contributed by atoms with van der Waals surface area (Å²) in [5.74, 6) is -0.0992. The molecule has 218 valence electrons. The number of anilines is 1. The van der Waals surface area contributed by atoms with Crippen molar-refractivity contribution in [2.24, 2.45) is 29.6 Å². The molecule has 2 aliphatic carbocycles. The number of nitrogens with zero attached hydrogens (tertiary/aromatic N) is 1. The molecule has 11 heteroatoms. The molecular weight excluding hydrogens is 574 g/mol. The van der Waals surface area contributed by atoms with Crippen LogP contribution in [-0.4, -0.2) is 53.6 Å². The molecule has 42 heavy (non-hydrogen) atoms. The van der Waals surface area contributed by atoms with E-state index in [9.17, 15) is 19.2 Å².